The molecule has 2 aromatic heterocycles. The Kier molecular flexibility index (Phi) is 8.43. The predicted molar refractivity (Wildman–Crippen MR) is 138 cm³/mol. The Bertz CT molecular complexity index is 1200. The fraction of sp³-hybridized carbons (Fsp3) is 0.318. The monoisotopic (exact) mass is 603 g/mol. The molecule has 3 aromatic rings. The van der Waals surface area contributed by atoms with Crippen molar-refractivity contribution < 1.29 is 14.3 Å². The van der Waals surface area contributed by atoms with Crippen molar-refractivity contribution in [2.24, 2.45) is 0 Å². The van der Waals surface area contributed by atoms with Crippen molar-refractivity contribution in [3.63, 3.8) is 0 Å². The Morgan fingerprint density at radius 1 is 1.21 bits per heavy atom. The van der Waals surface area contributed by atoms with Crippen molar-refractivity contribution in [2.45, 2.75) is 13.5 Å². The second-order valence-corrected chi connectivity index (χ2v) is 9.48. The maximum Gasteiger partial charge on any atom is 0.246 e. The Morgan fingerprint density at radius 2 is 1.94 bits per heavy atom. The van der Waals surface area contributed by atoms with Gasteiger partial charge in [-0.3, -0.25) is 14.0 Å². The van der Waals surface area contributed by atoms with Gasteiger partial charge in [-0.1, -0.05) is 23.2 Å². The number of carbonyl (C=O) groups excluding carboxylic acids is 2. The lowest BCUT2D eigenvalue weighted by molar-refractivity contribution is -0.125. The summed E-state index contributed by atoms with van der Waals surface area (Å²) >= 11 is 15.3. The van der Waals surface area contributed by atoms with Crippen molar-refractivity contribution in [2.75, 3.05) is 39.1 Å². The number of fused-ring (bicyclic) bond motifs is 1. The molecule has 0 saturated carbocycles. The fourth-order valence-corrected chi connectivity index (χ4v) is 4.25. The number of nitrogens with zero attached hydrogens (tertiary/aromatic N) is 4. The largest absolute Gasteiger partial charge is 0.485 e. The minimum absolute atomic E-state index is 0.0925. The molecule has 0 aliphatic carbocycles. The fourth-order valence-electron chi connectivity index (χ4n) is 3.14. The van der Waals surface area contributed by atoms with Gasteiger partial charge >= 0.3 is 0 Å². The van der Waals surface area contributed by atoms with Crippen LogP contribution in [0.3, 0.4) is 0 Å². The Balaban J connectivity index is 1.77. The highest BCUT2D eigenvalue weighted by Gasteiger charge is 2.20. The highest BCUT2D eigenvalue weighted by atomic mass is 127. The molecule has 0 spiro atoms. The lowest BCUT2D eigenvalue weighted by Gasteiger charge is -2.21. The van der Waals surface area contributed by atoms with Crippen LogP contribution in [0.4, 0.5) is 5.69 Å². The van der Waals surface area contributed by atoms with Crippen LogP contribution in [-0.2, 0) is 16.2 Å². The smallest absolute Gasteiger partial charge is 0.246 e. The summed E-state index contributed by atoms with van der Waals surface area (Å²) in [6, 6.07) is 7.03. The molecule has 33 heavy (non-hydrogen) atoms. The molecule has 0 atom stereocenters. The minimum atomic E-state index is -0.314. The zero-order valence-corrected chi connectivity index (χ0v) is 22.3. The SMILES string of the molecule is Cc1nc2c(OCc3c(Cl)ccc(N(C)C(=O)CNC(=O)CN(C)C)c3Cl)cccn2c1I. The van der Waals surface area contributed by atoms with Crippen LogP contribution in [0.1, 0.15) is 11.3 Å². The molecule has 0 unspecified atom stereocenters. The van der Waals surface area contributed by atoms with Crippen LogP contribution in [0, 0.1) is 10.6 Å². The van der Waals surface area contributed by atoms with Gasteiger partial charge in [-0.15, -0.1) is 0 Å². The number of ether oxygens (including phenoxy) is 1. The van der Waals surface area contributed by atoms with Crippen LogP contribution in [-0.4, -0.2) is 60.3 Å². The van der Waals surface area contributed by atoms with Crippen LogP contribution < -0.4 is 15.0 Å². The van der Waals surface area contributed by atoms with Crippen molar-refractivity contribution in [1.29, 1.82) is 0 Å². The average Bonchev–Trinajstić information content (AvgIpc) is 3.05. The quantitative estimate of drug-likeness (QED) is 0.397. The number of amides is 2. The van der Waals surface area contributed by atoms with Crippen molar-refractivity contribution >= 4 is 68.9 Å². The topological polar surface area (TPSA) is 79.2 Å². The molecular formula is C22H24Cl2IN5O3. The first kappa shape index (κ1) is 25.5. The van der Waals surface area contributed by atoms with Gasteiger partial charge in [-0.2, -0.15) is 0 Å². The molecule has 8 nitrogen and oxygen atoms in total. The number of likely N-dealkylation sites (N-methyl/N-ethyl adjacent to an activating group) is 2. The molecule has 0 aliphatic heterocycles. The van der Waals surface area contributed by atoms with E-state index < -0.39 is 0 Å². The van der Waals surface area contributed by atoms with Gasteiger partial charge in [0.25, 0.3) is 0 Å². The Labute approximate surface area is 215 Å². The first-order valence-electron chi connectivity index (χ1n) is 10.0. The van der Waals surface area contributed by atoms with E-state index in [0.717, 1.165) is 9.39 Å². The van der Waals surface area contributed by atoms with Crippen LogP contribution >= 0.6 is 45.8 Å². The molecule has 0 radical (unpaired) electrons. The first-order valence-corrected chi connectivity index (χ1v) is 11.8. The average molecular weight is 604 g/mol. The molecule has 2 heterocycles. The summed E-state index contributed by atoms with van der Waals surface area (Å²) in [4.78, 5) is 32.1. The Morgan fingerprint density at radius 3 is 2.64 bits per heavy atom. The minimum Gasteiger partial charge on any atom is -0.485 e. The summed E-state index contributed by atoms with van der Waals surface area (Å²) in [5, 5.41) is 3.33. The number of hydrogen-bond acceptors (Lipinski definition) is 5. The van der Waals surface area contributed by atoms with Gasteiger partial charge in [-0.25, -0.2) is 4.98 Å². The summed E-state index contributed by atoms with van der Waals surface area (Å²) in [7, 11) is 5.15. The van der Waals surface area contributed by atoms with E-state index in [0.29, 0.717) is 32.7 Å². The summed E-state index contributed by atoms with van der Waals surface area (Å²) < 4.78 is 8.98. The summed E-state index contributed by atoms with van der Waals surface area (Å²) in [5.41, 5.74) is 2.62. The van der Waals surface area contributed by atoms with Crippen LogP contribution in [0.5, 0.6) is 5.75 Å². The standard InChI is InChI=1S/C22H24Cl2IN5O3/c1-13-21(25)30-9-5-6-17(22(30)27-13)33-12-14-15(23)7-8-16(20(14)24)29(4)19(32)10-26-18(31)11-28(2)3/h5-9H,10-12H2,1-4H3,(H,26,31). The lowest BCUT2D eigenvalue weighted by atomic mass is 10.2. The van der Waals surface area contributed by atoms with Crippen LogP contribution in [0.2, 0.25) is 10.0 Å². The molecule has 3 rings (SSSR count). The number of nitrogens with one attached hydrogen (secondary N) is 1. The third-order valence-corrected chi connectivity index (χ3v) is 6.96. The molecule has 0 fully saturated rings. The van der Waals surface area contributed by atoms with Gasteiger partial charge in [0.15, 0.2) is 11.4 Å². The second kappa shape index (κ2) is 10.9. The number of halogens is 3. The molecule has 2 amide bonds. The normalized spacial score (nSPS) is 11.2. The van der Waals surface area contributed by atoms with Gasteiger partial charge in [0.05, 0.1) is 29.5 Å². The van der Waals surface area contributed by atoms with Gasteiger partial charge in [0, 0.05) is 23.8 Å². The summed E-state index contributed by atoms with van der Waals surface area (Å²) in [6.45, 7) is 2.08. The third-order valence-electron chi connectivity index (χ3n) is 4.88. The van der Waals surface area contributed by atoms with Gasteiger partial charge in [-0.05, 0) is 67.9 Å². The second-order valence-electron chi connectivity index (χ2n) is 7.67. The first-order chi connectivity index (χ1) is 15.6. The zero-order chi connectivity index (χ0) is 24.3. The van der Waals surface area contributed by atoms with Gasteiger partial charge < -0.3 is 19.9 Å². The zero-order valence-electron chi connectivity index (χ0n) is 18.7. The van der Waals surface area contributed by atoms with Crippen LogP contribution in [0.25, 0.3) is 5.65 Å². The van der Waals surface area contributed by atoms with E-state index in [9.17, 15) is 9.59 Å². The molecule has 1 aromatic carbocycles. The van der Waals surface area contributed by atoms with E-state index in [4.69, 9.17) is 27.9 Å². The van der Waals surface area contributed by atoms with E-state index in [1.165, 1.54) is 4.90 Å². The number of aromatic nitrogens is 2. The third kappa shape index (κ3) is 5.89. The van der Waals surface area contributed by atoms with Gasteiger partial charge in [0.2, 0.25) is 11.8 Å². The van der Waals surface area contributed by atoms with Crippen molar-refractivity contribution in [3.8, 4) is 5.75 Å². The van der Waals surface area contributed by atoms with E-state index in [1.54, 1.807) is 38.2 Å². The van der Waals surface area contributed by atoms with Gasteiger partial charge in [0.1, 0.15) is 10.3 Å². The molecule has 176 valence electrons. The number of aryl methyl sites for hydroxylation is 1. The van der Waals surface area contributed by atoms with Crippen molar-refractivity contribution in [3.05, 3.63) is 55.5 Å². The number of carbonyl (C=O) groups is 2. The summed E-state index contributed by atoms with van der Waals surface area (Å²) in [6.07, 6.45) is 1.92. The molecule has 0 aliphatic rings. The number of hydrogen-bond donors (Lipinski definition) is 1. The van der Waals surface area contributed by atoms with E-state index >= 15 is 0 Å². The predicted octanol–water partition coefficient (Wildman–Crippen LogP) is 3.77. The van der Waals surface area contributed by atoms with Crippen LogP contribution in [0.15, 0.2) is 30.5 Å². The number of imidazole rings is 1. The maximum absolute atomic E-state index is 12.6. The molecule has 11 heteroatoms. The highest BCUT2D eigenvalue weighted by molar-refractivity contribution is 14.1. The number of benzene rings is 1. The molecule has 0 bridgehead atoms. The van der Waals surface area contributed by atoms with E-state index in [-0.39, 0.29) is 31.5 Å². The number of rotatable bonds is 8. The molecule has 1 N–H and O–H groups in total. The summed E-state index contributed by atoms with van der Waals surface area (Å²) in [5.74, 6) is 0.0376. The number of anilines is 1. The number of pyridine rings is 1. The molecule has 0 saturated heterocycles. The molecular weight excluding hydrogens is 580 g/mol. The highest BCUT2D eigenvalue weighted by Crippen LogP contribution is 2.35. The van der Waals surface area contributed by atoms with E-state index in [1.807, 2.05) is 29.7 Å². The Hall–Kier alpha value is -2.08. The maximum atomic E-state index is 12.6. The van der Waals surface area contributed by atoms with Crippen molar-refractivity contribution in [1.82, 2.24) is 19.6 Å². The van der Waals surface area contributed by atoms with E-state index in [2.05, 4.69) is 32.9 Å². The lowest BCUT2D eigenvalue weighted by Crippen LogP contribution is -2.41.